The van der Waals surface area contributed by atoms with Crippen molar-refractivity contribution >= 4 is 17.4 Å². The predicted octanol–water partition coefficient (Wildman–Crippen LogP) is 4.18. The average molecular weight is 256 g/mol. The molecule has 0 saturated carbocycles. The van der Waals surface area contributed by atoms with Gasteiger partial charge in [-0.3, -0.25) is 9.64 Å². The third-order valence-electron chi connectivity index (χ3n) is 2.60. The fourth-order valence-electron chi connectivity index (χ4n) is 1.72. The van der Waals surface area contributed by atoms with Crippen molar-refractivity contribution in [3.05, 3.63) is 82.2 Å². The molecule has 0 saturated heterocycles. The SMILES string of the molecule is [C-]#[N+]C(C(=O)c1cccc(Cl)c1)c1ccccc1. The van der Waals surface area contributed by atoms with Crippen LogP contribution in [0.5, 0.6) is 0 Å². The Morgan fingerprint density at radius 3 is 2.44 bits per heavy atom. The van der Waals surface area contributed by atoms with Crippen LogP contribution >= 0.6 is 11.6 Å². The molecule has 0 fully saturated rings. The molecular weight excluding hydrogens is 246 g/mol. The van der Waals surface area contributed by atoms with E-state index in [1.807, 2.05) is 18.2 Å². The van der Waals surface area contributed by atoms with Gasteiger partial charge < -0.3 is 0 Å². The summed E-state index contributed by atoms with van der Waals surface area (Å²) in [5.74, 6) is -0.223. The number of nitrogens with zero attached hydrogens (tertiary/aromatic N) is 1. The van der Waals surface area contributed by atoms with E-state index in [0.29, 0.717) is 16.1 Å². The first-order valence-electron chi connectivity index (χ1n) is 5.43. The van der Waals surface area contributed by atoms with Gasteiger partial charge in [-0.15, -0.1) is 0 Å². The summed E-state index contributed by atoms with van der Waals surface area (Å²) in [4.78, 5) is 15.7. The molecule has 0 bridgehead atoms. The highest BCUT2D eigenvalue weighted by molar-refractivity contribution is 6.31. The zero-order valence-corrected chi connectivity index (χ0v) is 10.3. The molecule has 0 amide bonds. The normalized spacial score (nSPS) is 11.6. The second-order valence-electron chi connectivity index (χ2n) is 3.82. The van der Waals surface area contributed by atoms with Crippen LogP contribution in [0.3, 0.4) is 0 Å². The molecule has 0 spiro atoms. The van der Waals surface area contributed by atoms with Crippen molar-refractivity contribution in [1.82, 2.24) is 0 Å². The summed E-state index contributed by atoms with van der Waals surface area (Å²) in [5.41, 5.74) is 1.17. The topological polar surface area (TPSA) is 21.4 Å². The molecule has 2 rings (SSSR count). The number of carbonyl (C=O) groups is 1. The van der Waals surface area contributed by atoms with E-state index in [1.54, 1.807) is 36.4 Å². The summed E-state index contributed by atoms with van der Waals surface area (Å²) < 4.78 is 0. The number of hydrogen-bond acceptors (Lipinski definition) is 1. The highest BCUT2D eigenvalue weighted by atomic mass is 35.5. The maximum atomic E-state index is 12.3. The summed E-state index contributed by atoms with van der Waals surface area (Å²) >= 11 is 5.85. The zero-order valence-electron chi connectivity index (χ0n) is 9.51. The second-order valence-corrected chi connectivity index (χ2v) is 4.25. The summed E-state index contributed by atoms with van der Waals surface area (Å²) in [6.07, 6.45) is 0. The first kappa shape index (κ1) is 12.3. The molecule has 2 aromatic rings. The van der Waals surface area contributed by atoms with Crippen molar-refractivity contribution in [3.8, 4) is 0 Å². The minimum absolute atomic E-state index is 0.223. The number of hydrogen-bond donors (Lipinski definition) is 0. The minimum atomic E-state index is -0.801. The number of benzene rings is 2. The van der Waals surface area contributed by atoms with Gasteiger partial charge in [-0.25, -0.2) is 6.57 Å². The number of rotatable bonds is 3. The predicted molar refractivity (Wildman–Crippen MR) is 71.6 cm³/mol. The summed E-state index contributed by atoms with van der Waals surface area (Å²) in [6, 6.07) is 14.9. The van der Waals surface area contributed by atoms with Gasteiger partial charge in [0.05, 0.1) is 0 Å². The first-order valence-corrected chi connectivity index (χ1v) is 5.81. The average Bonchev–Trinajstić information content (AvgIpc) is 2.41. The summed E-state index contributed by atoms with van der Waals surface area (Å²) in [5, 5.41) is 0.498. The van der Waals surface area contributed by atoms with Crippen LogP contribution in [0, 0.1) is 6.57 Å². The van der Waals surface area contributed by atoms with Gasteiger partial charge in [0, 0.05) is 16.1 Å². The third kappa shape index (κ3) is 2.58. The van der Waals surface area contributed by atoms with Crippen LogP contribution in [0.2, 0.25) is 5.02 Å². The molecule has 0 aliphatic carbocycles. The summed E-state index contributed by atoms with van der Waals surface area (Å²) in [7, 11) is 0. The molecule has 0 aliphatic rings. The van der Waals surface area contributed by atoms with Gasteiger partial charge in [0.25, 0.3) is 0 Å². The van der Waals surface area contributed by atoms with Crippen LogP contribution in [0.4, 0.5) is 0 Å². The van der Waals surface area contributed by atoms with E-state index >= 15 is 0 Å². The second kappa shape index (κ2) is 5.48. The van der Waals surface area contributed by atoms with Crippen LogP contribution in [0.15, 0.2) is 54.6 Å². The fourth-order valence-corrected chi connectivity index (χ4v) is 1.91. The van der Waals surface area contributed by atoms with Gasteiger partial charge in [0.2, 0.25) is 5.78 Å². The van der Waals surface area contributed by atoms with Crippen LogP contribution in [0.1, 0.15) is 22.0 Å². The molecule has 0 N–H and O–H groups in total. The molecule has 1 atom stereocenters. The maximum Gasteiger partial charge on any atom is 0.310 e. The Morgan fingerprint density at radius 2 is 1.83 bits per heavy atom. The van der Waals surface area contributed by atoms with Crippen molar-refractivity contribution in [2.24, 2.45) is 0 Å². The van der Waals surface area contributed by atoms with E-state index in [2.05, 4.69) is 4.85 Å². The van der Waals surface area contributed by atoms with Crippen LogP contribution in [0.25, 0.3) is 4.85 Å². The lowest BCUT2D eigenvalue weighted by molar-refractivity contribution is 0.0975. The molecule has 3 heteroatoms. The number of Topliss-reactive ketones (excluding diaryl/α,β-unsaturated/α-hetero) is 1. The molecule has 18 heavy (non-hydrogen) atoms. The Hall–Kier alpha value is -2.11. The highest BCUT2D eigenvalue weighted by Gasteiger charge is 2.26. The largest absolute Gasteiger partial charge is 0.310 e. The Bertz CT molecular complexity index is 601. The standard InChI is InChI=1S/C15H10ClNO/c1-17-14(11-6-3-2-4-7-11)15(18)12-8-5-9-13(16)10-12/h2-10,14H. The van der Waals surface area contributed by atoms with Gasteiger partial charge in [0.1, 0.15) is 0 Å². The Balaban J connectivity index is 2.36. The molecule has 2 nitrogen and oxygen atoms in total. The van der Waals surface area contributed by atoms with E-state index in [0.717, 1.165) is 0 Å². The smallest absolute Gasteiger partial charge is 0.300 e. The molecule has 0 aromatic heterocycles. The lowest BCUT2D eigenvalue weighted by Crippen LogP contribution is -2.09. The van der Waals surface area contributed by atoms with Crippen molar-refractivity contribution < 1.29 is 4.79 Å². The monoisotopic (exact) mass is 255 g/mol. The molecule has 0 radical (unpaired) electrons. The first-order chi connectivity index (χ1) is 8.72. The quantitative estimate of drug-likeness (QED) is 0.595. The van der Waals surface area contributed by atoms with Gasteiger partial charge in [0.15, 0.2) is 0 Å². The zero-order chi connectivity index (χ0) is 13.0. The van der Waals surface area contributed by atoms with Gasteiger partial charge in [-0.2, -0.15) is 0 Å². The van der Waals surface area contributed by atoms with Crippen molar-refractivity contribution in [1.29, 1.82) is 0 Å². The number of carbonyl (C=O) groups excluding carboxylic acids is 1. The van der Waals surface area contributed by atoms with Crippen molar-refractivity contribution in [2.45, 2.75) is 6.04 Å². The fraction of sp³-hybridized carbons (Fsp3) is 0.0667. The van der Waals surface area contributed by atoms with Crippen molar-refractivity contribution in [2.75, 3.05) is 0 Å². The van der Waals surface area contributed by atoms with Gasteiger partial charge in [-0.05, 0) is 12.1 Å². The molecule has 88 valence electrons. The van der Waals surface area contributed by atoms with Gasteiger partial charge in [-0.1, -0.05) is 54.1 Å². The van der Waals surface area contributed by atoms with Crippen LogP contribution in [-0.4, -0.2) is 5.78 Å². The minimum Gasteiger partial charge on any atom is -0.300 e. The Labute approximate surface area is 111 Å². The molecule has 0 heterocycles. The Kier molecular flexibility index (Phi) is 3.76. The van der Waals surface area contributed by atoms with E-state index in [1.165, 1.54) is 0 Å². The van der Waals surface area contributed by atoms with E-state index in [-0.39, 0.29) is 5.78 Å². The lowest BCUT2D eigenvalue weighted by atomic mass is 9.98. The lowest BCUT2D eigenvalue weighted by Gasteiger charge is -2.05. The molecular formula is C15H10ClNO. The highest BCUT2D eigenvalue weighted by Crippen LogP contribution is 2.23. The Morgan fingerprint density at radius 1 is 1.11 bits per heavy atom. The molecule has 0 aliphatic heterocycles. The molecule has 2 aromatic carbocycles. The van der Waals surface area contributed by atoms with E-state index < -0.39 is 6.04 Å². The maximum absolute atomic E-state index is 12.3. The van der Waals surface area contributed by atoms with Crippen molar-refractivity contribution in [3.63, 3.8) is 0 Å². The van der Waals surface area contributed by atoms with Crippen LogP contribution < -0.4 is 0 Å². The summed E-state index contributed by atoms with van der Waals surface area (Å²) in [6.45, 7) is 7.20. The van der Waals surface area contributed by atoms with E-state index in [9.17, 15) is 4.79 Å². The number of ketones is 1. The van der Waals surface area contributed by atoms with E-state index in [4.69, 9.17) is 18.2 Å². The number of halogens is 1. The third-order valence-corrected chi connectivity index (χ3v) is 2.84. The van der Waals surface area contributed by atoms with Crippen LogP contribution in [-0.2, 0) is 0 Å². The molecule has 1 unspecified atom stereocenters. The van der Waals surface area contributed by atoms with Gasteiger partial charge >= 0.3 is 6.04 Å².